The lowest BCUT2D eigenvalue weighted by Crippen LogP contribution is -2.12. The van der Waals surface area contributed by atoms with Gasteiger partial charge in [-0.15, -0.1) is 11.3 Å². The number of fused-ring (bicyclic) bond motifs is 1. The molecule has 0 aliphatic heterocycles. The third kappa shape index (κ3) is 11.8. The molecule has 0 amide bonds. The number of thiophene rings is 1. The lowest BCUT2D eigenvalue weighted by Gasteiger charge is -2.12. The van der Waals surface area contributed by atoms with Crippen LogP contribution in [-0.4, -0.2) is 35.3 Å². The molecule has 5 nitrogen and oxygen atoms in total. The van der Waals surface area contributed by atoms with Gasteiger partial charge in [0.2, 0.25) is 5.88 Å². The van der Waals surface area contributed by atoms with Gasteiger partial charge in [-0.05, 0) is 37.4 Å². The third-order valence-corrected chi connectivity index (χ3v) is 4.31. The zero-order valence-corrected chi connectivity index (χ0v) is 17.3. The maximum atomic E-state index is 11.3. The Kier molecular flexibility index (Phi) is 21.7. The molecular weight excluding hydrogens is 439 g/mol. The number of ether oxygens (including phenoxy) is 2. The fourth-order valence-electron chi connectivity index (χ4n) is 2.17. The summed E-state index contributed by atoms with van der Waals surface area (Å²) >= 11 is 1.64. The number of alkyl halides is 1. The quantitative estimate of drug-likeness (QED) is 0.328. The van der Waals surface area contributed by atoms with E-state index in [1.54, 1.807) is 25.2 Å². The third-order valence-electron chi connectivity index (χ3n) is 3.43. The summed E-state index contributed by atoms with van der Waals surface area (Å²) in [6, 6.07) is 11.9. The first kappa shape index (κ1) is 37.8. The van der Waals surface area contributed by atoms with Crippen molar-refractivity contribution >= 4 is 28.3 Å². The SMILES string of the molecule is C.C.C.C.C.CC(C)C(=O)OCCF.CC(C)Oc1nc2ccccc2nc1-c1cccs1. The fraction of sp³-hybridized carbons (Fsp3) is 0.500. The molecule has 2 heterocycles. The molecule has 1 aromatic carbocycles. The summed E-state index contributed by atoms with van der Waals surface area (Å²) < 4.78 is 21.6. The van der Waals surface area contributed by atoms with E-state index in [2.05, 4.69) is 9.72 Å². The van der Waals surface area contributed by atoms with Crippen LogP contribution in [0.2, 0.25) is 0 Å². The summed E-state index contributed by atoms with van der Waals surface area (Å²) in [5.41, 5.74) is 2.57. The molecule has 0 N–H and O–H groups in total. The van der Waals surface area contributed by atoms with Crippen molar-refractivity contribution in [3.8, 4) is 16.5 Å². The molecule has 0 saturated heterocycles. The van der Waals surface area contributed by atoms with E-state index >= 15 is 0 Å². The fourth-order valence-corrected chi connectivity index (χ4v) is 2.87. The average Bonchev–Trinajstić information content (AvgIpc) is 3.20. The lowest BCUT2D eigenvalue weighted by molar-refractivity contribution is -0.147. The topological polar surface area (TPSA) is 61.3 Å². The minimum Gasteiger partial charge on any atom is -0.473 e. The van der Waals surface area contributed by atoms with Crippen molar-refractivity contribution in [1.82, 2.24) is 9.97 Å². The van der Waals surface area contributed by atoms with Crippen LogP contribution >= 0.6 is 11.3 Å². The highest BCUT2D eigenvalue weighted by Gasteiger charge is 2.14. The van der Waals surface area contributed by atoms with Crippen molar-refractivity contribution in [3.05, 3.63) is 41.8 Å². The number of para-hydroxylation sites is 2. The number of rotatable bonds is 6. The Bertz CT molecular complexity index is 884. The first-order chi connectivity index (χ1) is 13.4. The molecule has 3 rings (SSSR count). The lowest BCUT2D eigenvalue weighted by atomic mass is 10.2. The Hall–Kier alpha value is -2.54. The molecule has 0 radical (unpaired) electrons. The first-order valence-electron chi connectivity index (χ1n) is 9.12. The van der Waals surface area contributed by atoms with E-state index in [0.717, 1.165) is 21.6 Å². The van der Waals surface area contributed by atoms with Gasteiger partial charge in [-0.1, -0.05) is 69.2 Å². The molecule has 0 saturated carbocycles. The molecule has 33 heavy (non-hydrogen) atoms. The minimum atomic E-state index is -0.599. The van der Waals surface area contributed by atoms with E-state index in [1.807, 2.05) is 55.6 Å². The van der Waals surface area contributed by atoms with E-state index in [9.17, 15) is 9.18 Å². The highest BCUT2D eigenvalue weighted by atomic mass is 32.1. The van der Waals surface area contributed by atoms with E-state index < -0.39 is 6.67 Å². The van der Waals surface area contributed by atoms with E-state index in [4.69, 9.17) is 9.72 Å². The van der Waals surface area contributed by atoms with Crippen molar-refractivity contribution in [3.63, 3.8) is 0 Å². The van der Waals surface area contributed by atoms with Gasteiger partial charge in [-0.2, -0.15) is 0 Å². The summed E-state index contributed by atoms with van der Waals surface area (Å²) in [6.45, 7) is 6.70. The van der Waals surface area contributed by atoms with Crippen molar-refractivity contribution < 1.29 is 18.7 Å². The van der Waals surface area contributed by atoms with E-state index in [-0.39, 0.29) is 61.7 Å². The number of hydrogen-bond acceptors (Lipinski definition) is 6. The first-order valence-corrected chi connectivity index (χ1v) is 10.00. The Morgan fingerprint density at radius 1 is 0.939 bits per heavy atom. The molecule has 0 fully saturated rings. The number of hydrogen-bond donors (Lipinski definition) is 0. The second kappa shape index (κ2) is 19.0. The van der Waals surface area contributed by atoms with Crippen LogP contribution in [-0.2, 0) is 9.53 Å². The molecule has 2 aromatic heterocycles. The van der Waals surface area contributed by atoms with Gasteiger partial charge >= 0.3 is 5.97 Å². The number of carbonyl (C=O) groups excluding carboxylic acids is 1. The average molecular weight is 485 g/mol. The zero-order chi connectivity index (χ0) is 20.5. The van der Waals surface area contributed by atoms with Crippen LogP contribution in [0.3, 0.4) is 0 Å². The second-order valence-corrected chi connectivity index (χ2v) is 7.47. The van der Waals surface area contributed by atoms with Gasteiger partial charge in [-0.25, -0.2) is 14.4 Å². The number of nitrogens with zero attached hydrogens (tertiary/aromatic N) is 2. The smallest absolute Gasteiger partial charge is 0.308 e. The molecule has 0 atom stereocenters. The molecule has 0 aliphatic carbocycles. The van der Waals surface area contributed by atoms with Gasteiger partial charge in [0, 0.05) is 0 Å². The Morgan fingerprint density at radius 2 is 1.52 bits per heavy atom. The predicted molar refractivity (Wildman–Crippen MR) is 144 cm³/mol. The number of carbonyl (C=O) groups is 1. The summed E-state index contributed by atoms with van der Waals surface area (Å²) in [4.78, 5) is 20.9. The van der Waals surface area contributed by atoms with Crippen LogP contribution in [0.1, 0.15) is 64.8 Å². The summed E-state index contributed by atoms with van der Waals surface area (Å²) in [6.07, 6.45) is 0.0779. The Balaban J connectivity index is -0.000000266. The van der Waals surface area contributed by atoms with Crippen molar-refractivity contribution in [1.29, 1.82) is 0 Å². The van der Waals surface area contributed by atoms with Crippen LogP contribution in [0.5, 0.6) is 5.88 Å². The van der Waals surface area contributed by atoms with Gasteiger partial charge in [-0.3, -0.25) is 4.79 Å². The van der Waals surface area contributed by atoms with Crippen LogP contribution < -0.4 is 4.74 Å². The van der Waals surface area contributed by atoms with Crippen LogP contribution in [0.25, 0.3) is 21.6 Å². The molecule has 7 heteroatoms. The summed E-state index contributed by atoms with van der Waals surface area (Å²) in [5, 5.41) is 2.03. The molecule has 0 aliphatic rings. The molecule has 0 spiro atoms. The molecular formula is C26H45FN2O3S. The zero-order valence-electron chi connectivity index (χ0n) is 16.5. The standard InChI is InChI=1S/C15H14N2OS.C6H11FO2.5CH4/c1-10(2)18-15-14(13-8-5-9-19-13)16-11-6-3-4-7-12(11)17-15;1-5(2)6(8)9-4-3-7;;;;;/h3-10H,1-2H3;5H,3-4H2,1-2H3;5*1H4. The number of halogens is 1. The van der Waals surface area contributed by atoms with Gasteiger partial charge in [0.25, 0.3) is 0 Å². The van der Waals surface area contributed by atoms with Gasteiger partial charge in [0.05, 0.1) is 27.9 Å². The molecule has 3 aromatic rings. The molecule has 0 bridgehead atoms. The minimum absolute atomic E-state index is 0. The van der Waals surface area contributed by atoms with Gasteiger partial charge < -0.3 is 9.47 Å². The number of aromatic nitrogens is 2. The second-order valence-electron chi connectivity index (χ2n) is 6.52. The number of benzene rings is 1. The van der Waals surface area contributed by atoms with Gasteiger partial charge in [0.1, 0.15) is 19.0 Å². The van der Waals surface area contributed by atoms with Crippen LogP contribution in [0, 0.1) is 5.92 Å². The summed E-state index contributed by atoms with van der Waals surface area (Å²) in [7, 11) is 0. The highest BCUT2D eigenvalue weighted by Crippen LogP contribution is 2.32. The Morgan fingerprint density at radius 3 is 1.97 bits per heavy atom. The maximum absolute atomic E-state index is 11.3. The van der Waals surface area contributed by atoms with E-state index in [0.29, 0.717) is 5.88 Å². The van der Waals surface area contributed by atoms with Crippen LogP contribution in [0.4, 0.5) is 4.39 Å². The normalized spacial score (nSPS) is 9.06. The van der Waals surface area contributed by atoms with Crippen molar-refractivity contribution in [2.45, 2.75) is 70.9 Å². The van der Waals surface area contributed by atoms with Crippen LogP contribution in [0.15, 0.2) is 41.8 Å². The van der Waals surface area contributed by atoms with E-state index in [1.165, 1.54) is 0 Å². The highest BCUT2D eigenvalue weighted by molar-refractivity contribution is 7.13. The Labute approximate surface area is 205 Å². The van der Waals surface area contributed by atoms with Crippen molar-refractivity contribution in [2.75, 3.05) is 13.3 Å². The predicted octanol–water partition coefficient (Wildman–Crippen LogP) is 8.48. The molecule has 190 valence electrons. The summed E-state index contributed by atoms with van der Waals surface area (Å²) in [5.74, 6) is 0.111. The number of esters is 1. The largest absolute Gasteiger partial charge is 0.473 e. The van der Waals surface area contributed by atoms with Crippen molar-refractivity contribution in [2.24, 2.45) is 5.92 Å². The monoisotopic (exact) mass is 484 g/mol. The molecule has 0 unspecified atom stereocenters. The van der Waals surface area contributed by atoms with Gasteiger partial charge in [0.15, 0.2) is 0 Å². The maximum Gasteiger partial charge on any atom is 0.308 e.